The van der Waals surface area contributed by atoms with Crippen LogP contribution in [0.25, 0.3) is 0 Å². The van der Waals surface area contributed by atoms with Gasteiger partial charge in [-0.15, -0.1) is 0 Å². The van der Waals surface area contributed by atoms with Gasteiger partial charge in [-0.3, -0.25) is 0 Å². The molecule has 120 valence electrons. The quantitative estimate of drug-likeness (QED) is 0.675. The smallest absolute Gasteiger partial charge is 0.0580 e. The molecular formula is C18H37NO. The van der Waals surface area contributed by atoms with Gasteiger partial charge in [-0.1, -0.05) is 40.0 Å². The molecule has 20 heavy (non-hydrogen) atoms. The molecule has 4 atom stereocenters. The third kappa shape index (κ3) is 5.73. The van der Waals surface area contributed by atoms with E-state index in [1.54, 1.807) is 0 Å². The monoisotopic (exact) mass is 283 g/mol. The molecule has 0 radical (unpaired) electrons. The molecule has 1 saturated carbocycles. The first-order valence-electron chi connectivity index (χ1n) is 9.04. The number of aliphatic hydroxyl groups is 1. The van der Waals surface area contributed by atoms with E-state index in [2.05, 4.69) is 32.6 Å². The number of aliphatic hydroxyl groups excluding tert-OH is 1. The van der Waals surface area contributed by atoms with Crippen LogP contribution >= 0.6 is 0 Å². The molecule has 0 aromatic carbocycles. The van der Waals surface area contributed by atoms with E-state index >= 15 is 0 Å². The van der Waals surface area contributed by atoms with E-state index in [1.165, 1.54) is 51.5 Å². The molecule has 2 nitrogen and oxygen atoms in total. The van der Waals surface area contributed by atoms with E-state index < -0.39 is 0 Å². The molecule has 0 aromatic heterocycles. The van der Waals surface area contributed by atoms with Crippen molar-refractivity contribution in [2.45, 2.75) is 91.2 Å². The van der Waals surface area contributed by atoms with Crippen molar-refractivity contribution in [3.8, 4) is 0 Å². The van der Waals surface area contributed by atoms with E-state index in [4.69, 9.17) is 0 Å². The Morgan fingerprint density at radius 2 is 1.90 bits per heavy atom. The fourth-order valence-corrected chi connectivity index (χ4v) is 3.62. The highest BCUT2D eigenvalue weighted by molar-refractivity contribution is 4.83. The van der Waals surface area contributed by atoms with Gasteiger partial charge in [0.1, 0.15) is 0 Å². The number of nitrogens with zero attached hydrogens (tertiary/aromatic N) is 1. The molecule has 0 amide bonds. The Morgan fingerprint density at radius 1 is 1.15 bits per heavy atom. The predicted molar refractivity (Wildman–Crippen MR) is 88.0 cm³/mol. The van der Waals surface area contributed by atoms with Crippen LogP contribution in [0.15, 0.2) is 0 Å². The zero-order chi connectivity index (χ0) is 15.0. The van der Waals surface area contributed by atoms with Crippen molar-refractivity contribution in [1.82, 2.24) is 4.90 Å². The van der Waals surface area contributed by atoms with Gasteiger partial charge in [0.15, 0.2) is 0 Å². The van der Waals surface area contributed by atoms with Crippen LogP contribution < -0.4 is 0 Å². The van der Waals surface area contributed by atoms with E-state index in [0.29, 0.717) is 12.0 Å². The Bertz CT molecular complexity index is 244. The second-order valence-electron chi connectivity index (χ2n) is 6.90. The molecule has 1 aliphatic carbocycles. The van der Waals surface area contributed by atoms with Crippen molar-refractivity contribution >= 4 is 0 Å². The highest BCUT2D eigenvalue weighted by Crippen LogP contribution is 2.33. The fraction of sp³-hybridized carbons (Fsp3) is 1.00. The largest absolute Gasteiger partial charge is 0.393 e. The van der Waals surface area contributed by atoms with Gasteiger partial charge in [0.2, 0.25) is 0 Å². The predicted octanol–water partition coefficient (Wildman–Crippen LogP) is 4.46. The van der Waals surface area contributed by atoms with Gasteiger partial charge in [-0.2, -0.15) is 0 Å². The van der Waals surface area contributed by atoms with Gasteiger partial charge >= 0.3 is 0 Å². The molecule has 1 N–H and O–H groups in total. The zero-order valence-electron chi connectivity index (χ0n) is 14.3. The van der Waals surface area contributed by atoms with Crippen LogP contribution in [0, 0.1) is 11.8 Å². The van der Waals surface area contributed by atoms with Crippen molar-refractivity contribution in [2.24, 2.45) is 11.8 Å². The Hall–Kier alpha value is -0.0800. The molecule has 0 heterocycles. The first-order valence-corrected chi connectivity index (χ1v) is 9.04. The SMILES string of the molecule is CCCCN(CC1CC(CCC)CCC1O)C(C)CC. The lowest BCUT2D eigenvalue weighted by Gasteiger charge is -2.38. The molecule has 2 heteroatoms. The summed E-state index contributed by atoms with van der Waals surface area (Å²) in [5.74, 6) is 1.37. The van der Waals surface area contributed by atoms with Gasteiger partial charge in [0.05, 0.1) is 6.10 Å². The number of rotatable bonds is 9. The standard InChI is InChI=1S/C18H37NO/c1-5-8-12-19(15(4)7-3)14-17-13-16(9-6-2)10-11-18(17)20/h15-18,20H,5-14H2,1-4H3. The van der Waals surface area contributed by atoms with Gasteiger partial charge in [0.25, 0.3) is 0 Å². The van der Waals surface area contributed by atoms with Crippen molar-refractivity contribution in [1.29, 1.82) is 0 Å². The maximum Gasteiger partial charge on any atom is 0.0580 e. The van der Waals surface area contributed by atoms with Crippen molar-refractivity contribution in [3.05, 3.63) is 0 Å². The van der Waals surface area contributed by atoms with Crippen LogP contribution in [0.2, 0.25) is 0 Å². The van der Waals surface area contributed by atoms with Gasteiger partial charge in [-0.05, 0) is 57.4 Å². The molecule has 0 spiro atoms. The van der Waals surface area contributed by atoms with Gasteiger partial charge < -0.3 is 10.0 Å². The van der Waals surface area contributed by atoms with E-state index in [-0.39, 0.29) is 6.10 Å². The topological polar surface area (TPSA) is 23.5 Å². The molecule has 4 unspecified atom stereocenters. The first kappa shape index (κ1) is 18.0. The highest BCUT2D eigenvalue weighted by atomic mass is 16.3. The molecule has 1 rings (SSSR count). The minimum atomic E-state index is -0.0590. The molecule has 1 aliphatic rings. The summed E-state index contributed by atoms with van der Waals surface area (Å²) in [7, 11) is 0. The fourth-order valence-electron chi connectivity index (χ4n) is 3.62. The van der Waals surface area contributed by atoms with E-state index in [1.807, 2.05) is 0 Å². The van der Waals surface area contributed by atoms with Crippen LogP contribution in [-0.2, 0) is 0 Å². The number of hydrogen-bond acceptors (Lipinski definition) is 2. The second-order valence-corrected chi connectivity index (χ2v) is 6.90. The van der Waals surface area contributed by atoms with Crippen molar-refractivity contribution in [3.63, 3.8) is 0 Å². The van der Waals surface area contributed by atoms with Crippen LogP contribution in [0.4, 0.5) is 0 Å². The van der Waals surface area contributed by atoms with Crippen LogP contribution in [0.3, 0.4) is 0 Å². The second kappa shape index (κ2) is 9.78. The molecular weight excluding hydrogens is 246 g/mol. The van der Waals surface area contributed by atoms with Crippen LogP contribution in [0.5, 0.6) is 0 Å². The Morgan fingerprint density at radius 3 is 2.50 bits per heavy atom. The zero-order valence-corrected chi connectivity index (χ0v) is 14.3. The summed E-state index contributed by atoms with van der Waals surface area (Å²) in [5.41, 5.74) is 0. The summed E-state index contributed by atoms with van der Waals surface area (Å²) in [6, 6.07) is 0.653. The average molecular weight is 284 g/mol. The van der Waals surface area contributed by atoms with Crippen LogP contribution in [0.1, 0.15) is 79.1 Å². The third-order valence-corrected chi connectivity index (χ3v) is 5.23. The average Bonchev–Trinajstić information content (AvgIpc) is 2.46. The molecule has 0 aliphatic heterocycles. The summed E-state index contributed by atoms with van der Waals surface area (Å²) >= 11 is 0. The van der Waals surface area contributed by atoms with Crippen LogP contribution in [-0.4, -0.2) is 35.2 Å². The minimum Gasteiger partial charge on any atom is -0.393 e. The normalized spacial score (nSPS) is 28.8. The maximum absolute atomic E-state index is 10.4. The molecule has 1 fully saturated rings. The van der Waals surface area contributed by atoms with Gasteiger partial charge in [-0.25, -0.2) is 0 Å². The lowest BCUT2D eigenvalue weighted by molar-refractivity contribution is 0.0179. The Labute approximate surface area is 126 Å². The van der Waals surface area contributed by atoms with Gasteiger partial charge in [0, 0.05) is 12.6 Å². The lowest BCUT2D eigenvalue weighted by atomic mass is 9.77. The molecule has 0 aromatic rings. The number of hydrogen-bond donors (Lipinski definition) is 1. The summed E-state index contributed by atoms with van der Waals surface area (Å²) in [5, 5.41) is 10.4. The minimum absolute atomic E-state index is 0.0590. The maximum atomic E-state index is 10.4. The van der Waals surface area contributed by atoms with E-state index in [0.717, 1.165) is 18.9 Å². The Kier molecular flexibility index (Phi) is 8.79. The first-order chi connectivity index (χ1) is 9.62. The summed E-state index contributed by atoms with van der Waals surface area (Å²) in [6.45, 7) is 11.5. The lowest BCUT2D eigenvalue weighted by Crippen LogP contribution is -2.43. The number of unbranched alkanes of at least 4 members (excludes halogenated alkanes) is 1. The summed E-state index contributed by atoms with van der Waals surface area (Å²) < 4.78 is 0. The van der Waals surface area contributed by atoms with Crippen molar-refractivity contribution in [2.75, 3.05) is 13.1 Å². The third-order valence-electron chi connectivity index (χ3n) is 5.23. The summed E-state index contributed by atoms with van der Waals surface area (Å²) in [4.78, 5) is 2.63. The summed E-state index contributed by atoms with van der Waals surface area (Å²) in [6.07, 6.45) is 9.85. The highest BCUT2D eigenvalue weighted by Gasteiger charge is 2.30. The molecule has 0 bridgehead atoms. The molecule has 0 saturated heterocycles. The van der Waals surface area contributed by atoms with E-state index in [9.17, 15) is 5.11 Å². The Balaban J connectivity index is 2.54. The van der Waals surface area contributed by atoms with Crippen molar-refractivity contribution < 1.29 is 5.11 Å².